The van der Waals surface area contributed by atoms with Gasteiger partial charge in [0.15, 0.2) is 0 Å². The van der Waals surface area contributed by atoms with E-state index in [1.807, 2.05) is 67.6 Å². The van der Waals surface area contributed by atoms with Crippen molar-refractivity contribution in [1.29, 1.82) is 0 Å². The molecule has 3 aromatic carbocycles. The quantitative estimate of drug-likeness (QED) is 0.287. The van der Waals surface area contributed by atoms with Crippen LogP contribution in [-0.2, 0) is 4.79 Å². The molecule has 1 amide bonds. The number of ether oxygens (including phenoxy) is 1. The highest BCUT2D eigenvalue weighted by atomic mass is 32.2. The van der Waals surface area contributed by atoms with Gasteiger partial charge in [-0.2, -0.15) is 0 Å². The molecule has 0 aliphatic rings. The number of aromatic nitrogens is 2. The predicted octanol–water partition coefficient (Wildman–Crippen LogP) is 5.66. The fraction of sp³-hybridized carbons (Fsp3) is 0.125. The van der Waals surface area contributed by atoms with Crippen molar-refractivity contribution in [2.45, 2.75) is 17.2 Å². The molecule has 0 fully saturated rings. The summed E-state index contributed by atoms with van der Waals surface area (Å²) in [5.74, 6) is 0.429. The van der Waals surface area contributed by atoms with Gasteiger partial charge in [0.05, 0.1) is 23.6 Å². The van der Waals surface area contributed by atoms with Crippen molar-refractivity contribution in [1.82, 2.24) is 9.97 Å². The van der Waals surface area contributed by atoms with Crippen LogP contribution in [0.5, 0.6) is 5.75 Å². The van der Waals surface area contributed by atoms with E-state index in [0.29, 0.717) is 17.0 Å². The summed E-state index contributed by atoms with van der Waals surface area (Å²) >= 11 is 1.39. The van der Waals surface area contributed by atoms with E-state index in [4.69, 9.17) is 9.15 Å². The number of furan rings is 1. The highest BCUT2D eigenvalue weighted by Gasteiger charge is 2.20. The van der Waals surface area contributed by atoms with Gasteiger partial charge in [-0.15, -0.1) is 0 Å². The molecule has 0 saturated heterocycles. The van der Waals surface area contributed by atoms with Crippen LogP contribution < -0.4 is 10.1 Å². The normalized spacial score (nSPS) is 12.3. The van der Waals surface area contributed by atoms with Crippen molar-refractivity contribution in [2.24, 2.45) is 0 Å². The van der Waals surface area contributed by atoms with Crippen molar-refractivity contribution in [3.8, 4) is 5.75 Å². The number of nitrogens with one attached hydrogen (secondary N) is 1. The molecule has 0 spiro atoms. The molecule has 0 radical (unpaired) electrons. The van der Waals surface area contributed by atoms with E-state index in [-0.39, 0.29) is 11.2 Å². The number of nitrogens with zero attached hydrogens (tertiary/aromatic N) is 2. The lowest BCUT2D eigenvalue weighted by Crippen LogP contribution is -2.22. The molecule has 5 aromatic rings. The number of amides is 1. The maximum Gasteiger partial charge on any atom is 0.237 e. The zero-order chi connectivity index (χ0) is 21.4. The van der Waals surface area contributed by atoms with Crippen LogP contribution in [0.2, 0.25) is 0 Å². The molecule has 0 saturated carbocycles. The van der Waals surface area contributed by atoms with Crippen molar-refractivity contribution >= 4 is 56.2 Å². The number of methoxy groups -OCH3 is 1. The first-order valence-electron chi connectivity index (χ1n) is 9.80. The Hall–Kier alpha value is -3.58. The lowest BCUT2D eigenvalue weighted by molar-refractivity contribution is -0.115. The predicted molar refractivity (Wildman–Crippen MR) is 124 cm³/mol. The minimum absolute atomic E-state index is 0.151. The molecule has 0 bridgehead atoms. The fourth-order valence-corrected chi connectivity index (χ4v) is 4.46. The van der Waals surface area contributed by atoms with E-state index < -0.39 is 0 Å². The zero-order valence-corrected chi connectivity index (χ0v) is 17.8. The van der Waals surface area contributed by atoms with E-state index in [1.165, 1.54) is 18.1 Å². The largest absolute Gasteiger partial charge is 0.495 e. The molecule has 6 nitrogen and oxygen atoms in total. The van der Waals surface area contributed by atoms with Gasteiger partial charge in [0.1, 0.15) is 28.3 Å². The molecule has 31 heavy (non-hydrogen) atoms. The molecule has 0 aliphatic heterocycles. The number of hydrogen-bond acceptors (Lipinski definition) is 6. The number of carbonyl (C=O) groups is 1. The molecule has 1 unspecified atom stereocenters. The highest BCUT2D eigenvalue weighted by Crippen LogP contribution is 2.37. The zero-order valence-electron chi connectivity index (χ0n) is 17.0. The number of para-hydroxylation sites is 2. The van der Waals surface area contributed by atoms with Crippen LogP contribution in [0.3, 0.4) is 0 Å². The summed E-state index contributed by atoms with van der Waals surface area (Å²) in [5.41, 5.74) is 2.91. The number of hydrogen-bond donors (Lipinski definition) is 1. The average molecular weight is 430 g/mol. The Kier molecular flexibility index (Phi) is 4.95. The molecule has 154 valence electrons. The number of rotatable bonds is 5. The van der Waals surface area contributed by atoms with E-state index in [9.17, 15) is 4.79 Å². The Balaban J connectivity index is 1.43. The maximum atomic E-state index is 13.0. The first kappa shape index (κ1) is 19.4. The summed E-state index contributed by atoms with van der Waals surface area (Å²) in [5, 5.41) is 6.25. The minimum atomic E-state index is -0.380. The monoisotopic (exact) mass is 429 g/mol. The first-order valence-corrected chi connectivity index (χ1v) is 10.7. The number of anilines is 1. The average Bonchev–Trinajstić information content (AvgIpc) is 3.16. The van der Waals surface area contributed by atoms with Gasteiger partial charge in [-0.3, -0.25) is 4.79 Å². The minimum Gasteiger partial charge on any atom is -0.495 e. The van der Waals surface area contributed by atoms with Crippen LogP contribution in [-0.4, -0.2) is 28.2 Å². The Labute approximate surface area is 182 Å². The topological polar surface area (TPSA) is 77.2 Å². The molecule has 2 aromatic heterocycles. The lowest BCUT2D eigenvalue weighted by atomic mass is 10.1. The molecule has 1 atom stereocenters. The van der Waals surface area contributed by atoms with Crippen molar-refractivity contribution in [3.63, 3.8) is 0 Å². The fourth-order valence-electron chi connectivity index (χ4n) is 3.55. The SMILES string of the molecule is COc1cc2c(cc1NC(=O)C(C)Sc1ncnc3ccccc13)oc1ccccc12. The van der Waals surface area contributed by atoms with Gasteiger partial charge < -0.3 is 14.5 Å². The van der Waals surface area contributed by atoms with Gasteiger partial charge in [-0.05, 0) is 25.1 Å². The van der Waals surface area contributed by atoms with Gasteiger partial charge in [0.2, 0.25) is 5.91 Å². The second-order valence-corrected chi connectivity index (χ2v) is 8.42. The van der Waals surface area contributed by atoms with Crippen LogP contribution in [0.4, 0.5) is 5.69 Å². The Bertz CT molecular complexity index is 1420. The van der Waals surface area contributed by atoms with Gasteiger partial charge in [0.25, 0.3) is 0 Å². The molecule has 7 heteroatoms. The van der Waals surface area contributed by atoms with Crippen LogP contribution in [0.15, 0.2) is 76.4 Å². The third-order valence-electron chi connectivity index (χ3n) is 5.12. The molecule has 2 heterocycles. The van der Waals surface area contributed by atoms with E-state index in [1.54, 1.807) is 7.11 Å². The second kappa shape index (κ2) is 7.92. The second-order valence-electron chi connectivity index (χ2n) is 7.09. The van der Waals surface area contributed by atoms with Crippen LogP contribution in [0, 0.1) is 0 Å². The molecule has 0 aliphatic carbocycles. The Morgan fingerprint density at radius 3 is 2.61 bits per heavy atom. The van der Waals surface area contributed by atoms with Gasteiger partial charge in [0, 0.05) is 22.2 Å². The molecule has 1 N–H and O–H groups in total. The summed E-state index contributed by atoms with van der Waals surface area (Å²) in [6.07, 6.45) is 1.52. The first-order chi connectivity index (χ1) is 15.1. The summed E-state index contributed by atoms with van der Waals surface area (Å²) in [7, 11) is 1.59. The van der Waals surface area contributed by atoms with Gasteiger partial charge in [-0.1, -0.05) is 48.2 Å². The van der Waals surface area contributed by atoms with Crippen LogP contribution in [0.25, 0.3) is 32.8 Å². The number of fused-ring (bicyclic) bond motifs is 4. The summed E-state index contributed by atoms with van der Waals surface area (Å²) < 4.78 is 11.5. The van der Waals surface area contributed by atoms with E-state index in [2.05, 4.69) is 15.3 Å². The molecular weight excluding hydrogens is 410 g/mol. The summed E-state index contributed by atoms with van der Waals surface area (Å²) in [4.78, 5) is 21.6. The third kappa shape index (κ3) is 3.57. The maximum absolute atomic E-state index is 13.0. The Morgan fingerprint density at radius 1 is 1.00 bits per heavy atom. The number of thioether (sulfide) groups is 1. The van der Waals surface area contributed by atoms with Gasteiger partial charge >= 0.3 is 0 Å². The van der Waals surface area contributed by atoms with E-state index in [0.717, 1.165) is 32.3 Å². The molecule has 5 rings (SSSR count). The summed E-state index contributed by atoms with van der Waals surface area (Å²) in [6.45, 7) is 1.85. The van der Waals surface area contributed by atoms with Crippen LogP contribution in [0.1, 0.15) is 6.92 Å². The lowest BCUT2D eigenvalue weighted by Gasteiger charge is -2.14. The summed E-state index contributed by atoms with van der Waals surface area (Å²) in [6, 6.07) is 19.3. The smallest absolute Gasteiger partial charge is 0.237 e. The van der Waals surface area contributed by atoms with Crippen molar-refractivity contribution in [2.75, 3.05) is 12.4 Å². The molecular formula is C24H19N3O3S. The number of carbonyl (C=O) groups excluding carboxylic acids is 1. The van der Waals surface area contributed by atoms with Crippen molar-refractivity contribution < 1.29 is 13.9 Å². The van der Waals surface area contributed by atoms with Crippen molar-refractivity contribution in [3.05, 3.63) is 67.0 Å². The van der Waals surface area contributed by atoms with E-state index >= 15 is 0 Å². The standard InChI is InChI=1S/C24H19N3O3S/c1-14(31-24-16-8-3-5-9-18(16)25-13-26-24)23(28)27-19-12-21-17(11-22(19)29-2)15-7-4-6-10-20(15)30-21/h3-14H,1-2H3,(H,27,28). The number of benzene rings is 3. The van der Waals surface area contributed by atoms with Gasteiger partial charge in [-0.25, -0.2) is 9.97 Å². The third-order valence-corrected chi connectivity index (χ3v) is 6.24. The Morgan fingerprint density at radius 2 is 1.77 bits per heavy atom. The van der Waals surface area contributed by atoms with Crippen LogP contribution >= 0.6 is 11.8 Å². The highest BCUT2D eigenvalue weighted by molar-refractivity contribution is 8.00.